The summed E-state index contributed by atoms with van der Waals surface area (Å²) >= 11 is 0. The van der Waals surface area contributed by atoms with E-state index in [0.29, 0.717) is 0 Å². The third-order valence-corrected chi connectivity index (χ3v) is 2.59. The smallest absolute Gasteiger partial charge is 0.407 e. The Labute approximate surface area is 139 Å². The summed E-state index contributed by atoms with van der Waals surface area (Å²) in [6.45, 7) is 5.42. The molecule has 8 heteroatoms. The van der Waals surface area contributed by atoms with Crippen LogP contribution in [0, 0.1) is 22.0 Å². The number of nitro benzene ring substituents is 1. The van der Waals surface area contributed by atoms with Crippen molar-refractivity contribution in [3.63, 3.8) is 0 Å². The first-order valence-electron chi connectivity index (χ1n) is 7.07. The van der Waals surface area contributed by atoms with E-state index in [1.54, 1.807) is 20.8 Å². The van der Waals surface area contributed by atoms with Gasteiger partial charge in [-0.25, -0.2) is 9.59 Å². The highest BCUT2D eigenvalue weighted by atomic mass is 16.6. The van der Waals surface area contributed by atoms with E-state index in [-0.39, 0.29) is 29.8 Å². The standard InChI is InChI=1S/C16H18N2O6/c1-16(2,3)24-15(21)17-9-5-4-6-11-10-12(18(22)23)7-8-13(11)14(19)20/h7-8,10H,5,9H2,1-3H3,(H,17,21)(H,19,20). The van der Waals surface area contributed by atoms with Crippen LogP contribution < -0.4 is 5.32 Å². The van der Waals surface area contributed by atoms with Crippen molar-refractivity contribution in [3.8, 4) is 11.8 Å². The monoisotopic (exact) mass is 334 g/mol. The highest BCUT2D eigenvalue weighted by Gasteiger charge is 2.15. The Balaban J connectivity index is 2.71. The van der Waals surface area contributed by atoms with E-state index in [2.05, 4.69) is 17.2 Å². The average Bonchev–Trinajstić information content (AvgIpc) is 2.44. The number of amides is 1. The first kappa shape index (κ1) is 19.0. The number of rotatable bonds is 4. The van der Waals surface area contributed by atoms with Gasteiger partial charge in [-0.15, -0.1) is 0 Å². The highest BCUT2D eigenvalue weighted by molar-refractivity contribution is 5.91. The van der Waals surface area contributed by atoms with Crippen molar-refractivity contribution in [2.24, 2.45) is 0 Å². The van der Waals surface area contributed by atoms with E-state index in [1.165, 1.54) is 0 Å². The van der Waals surface area contributed by atoms with Gasteiger partial charge in [-0.2, -0.15) is 0 Å². The third kappa shape index (κ3) is 6.36. The molecule has 0 radical (unpaired) electrons. The highest BCUT2D eigenvalue weighted by Crippen LogP contribution is 2.17. The number of non-ortho nitro benzene ring substituents is 1. The molecule has 0 atom stereocenters. The summed E-state index contributed by atoms with van der Waals surface area (Å²) in [6.07, 6.45) is -0.341. The van der Waals surface area contributed by atoms with Gasteiger partial charge < -0.3 is 15.2 Å². The Bertz CT molecular complexity index is 710. The van der Waals surface area contributed by atoms with Gasteiger partial charge in [-0.1, -0.05) is 11.8 Å². The second-order valence-corrected chi connectivity index (χ2v) is 5.77. The normalized spacial score (nSPS) is 10.3. The number of nitro groups is 1. The fourth-order valence-corrected chi connectivity index (χ4v) is 1.63. The first-order chi connectivity index (χ1) is 11.1. The summed E-state index contributed by atoms with van der Waals surface area (Å²) in [5.74, 6) is 4.04. The zero-order chi connectivity index (χ0) is 18.3. The zero-order valence-electron chi connectivity index (χ0n) is 13.6. The van der Waals surface area contributed by atoms with Crippen molar-refractivity contribution >= 4 is 17.7 Å². The molecule has 0 saturated heterocycles. The molecular formula is C16H18N2O6. The van der Waals surface area contributed by atoms with Gasteiger partial charge in [0, 0.05) is 30.7 Å². The van der Waals surface area contributed by atoms with Gasteiger partial charge in [0.15, 0.2) is 0 Å². The molecule has 0 heterocycles. The Hall–Kier alpha value is -3.08. The Morgan fingerprint density at radius 1 is 1.38 bits per heavy atom. The van der Waals surface area contributed by atoms with Crippen LogP contribution in [0.5, 0.6) is 0 Å². The van der Waals surface area contributed by atoms with Crippen LogP contribution in [0.4, 0.5) is 10.5 Å². The maximum atomic E-state index is 11.4. The number of carbonyl (C=O) groups is 2. The van der Waals surface area contributed by atoms with E-state index in [1.807, 2.05) is 0 Å². The molecule has 24 heavy (non-hydrogen) atoms. The Morgan fingerprint density at radius 2 is 2.04 bits per heavy atom. The summed E-state index contributed by atoms with van der Waals surface area (Å²) in [4.78, 5) is 32.6. The van der Waals surface area contributed by atoms with Crippen molar-refractivity contribution in [1.29, 1.82) is 0 Å². The summed E-state index contributed by atoms with van der Waals surface area (Å²) in [6, 6.07) is 3.36. The number of hydrogen-bond donors (Lipinski definition) is 2. The molecule has 128 valence electrons. The van der Waals surface area contributed by atoms with Crippen molar-refractivity contribution in [2.45, 2.75) is 32.8 Å². The third-order valence-electron chi connectivity index (χ3n) is 2.59. The minimum absolute atomic E-state index is 0.0500. The van der Waals surface area contributed by atoms with Gasteiger partial charge in [0.25, 0.3) is 5.69 Å². The molecule has 0 fully saturated rings. The SMILES string of the molecule is CC(C)(C)OC(=O)NCCC#Cc1cc([N+](=O)[O-])ccc1C(=O)O. The molecule has 8 nitrogen and oxygen atoms in total. The van der Waals surface area contributed by atoms with Crippen molar-refractivity contribution in [3.05, 3.63) is 39.4 Å². The molecule has 0 aliphatic rings. The predicted molar refractivity (Wildman–Crippen MR) is 85.8 cm³/mol. The molecule has 1 aromatic carbocycles. The summed E-state index contributed by atoms with van der Waals surface area (Å²) in [5.41, 5.74) is -0.909. The van der Waals surface area contributed by atoms with Gasteiger partial charge in [-0.05, 0) is 26.8 Å². The molecule has 0 bridgehead atoms. The lowest BCUT2D eigenvalue weighted by Crippen LogP contribution is -2.32. The number of ether oxygens (including phenoxy) is 1. The Kier molecular flexibility index (Phi) is 6.30. The average molecular weight is 334 g/mol. The molecule has 1 amide bonds. The second-order valence-electron chi connectivity index (χ2n) is 5.77. The number of nitrogens with zero attached hydrogens (tertiary/aromatic N) is 1. The fraction of sp³-hybridized carbons (Fsp3) is 0.375. The number of carbonyl (C=O) groups excluding carboxylic acids is 1. The van der Waals surface area contributed by atoms with Crippen LogP contribution in [-0.2, 0) is 4.74 Å². The number of carboxylic acid groups (broad SMARTS) is 1. The summed E-state index contributed by atoms with van der Waals surface area (Å²) < 4.78 is 5.04. The quantitative estimate of drug-likeness (QED) is 0.378. The number of aromatic carboxylic acids is 1. The van der Waals surface area contributed by atoms with Gasteiger partial charge in [0.1, 0.15) is 5.60 Å². The number of nitrogens with one attached hydrogen (secondary N) is 1. The fourth-order valence-electron chi connectivity index (χ4n) is 1.63. The number of carboxylic acids is 1. The number of alkyl carbamates (subject to hydrolysis) is 1. The van der Waals surface area contributed by atoms with E-state index in [4.69, 9.17) is 9.84 Å². The van der Waals surface area contributed by atoms with Gasteiger partial charge in [0.05, 0.1) is 10.5 Å². The van der Waals surface area contributed by atoms with E-state index < -0.39 is 22.6 Å². The lowest BCUT2D eigenvalue weighted by Gasteiger charge is -2.19. The summed E-state index contributed by atoms with van der Waals surface area (Å²) in [7, 11) is 0. The van der Waals surface area contributed by atoms with Crippen LogP contribution >= 0.6 is 0 Å². The molecule has 0 aliphatic carbocycles. The second kappa shape index (κ2) is 7.97. The van der Waals surface area contributed by atoms with Gasteiger partial charge >= 0.3 is 12.1 Å². The lowest BCUT2D eigenvalue weighted by molar-refractivity contribution is -0.384. The number of benzene rings is 1. The van der Waals surface area contributed by atoms with E-state index >= 15 is 0 Å². The largest absolute Gasteiger partial charge is 0.478 e. The van der Waals surface area contributed by atoms with Crippen molar-refractivity contribution in [1.82, 2.24) is 5.32 Å². The molecular weight excluding hydrogens is 316 g/mol. The van der Waals surface area contributed by atoms with Crippen LogP contribution in [0.1, 0.15) is 43.1 Å². The molecule has 0 spiro atoms. The van der Waals surface area contributed by atoms with Crippen LogP contribution in [0.15, 0.2) is 18.2 Å². The van der Waals surface area contributed by atoms with Crippen molar-refractivity contribution < 1.29 is 24.4 Å². The predicted octanol–water partition coefficient (Wildman–Crippen LogP) is 2.56. The molecule has 0 unspecified atom stereocenters. The summed E-state index contributed by atoms with van der Waals surface area (Å²) in [5, 5.41) is 22.3. The minimum atomic E-state index is -1.22. The maximum Gasteiger partial charge on any atom is 0.407 e. The van der Waals surface area contributed by atoms with Gasteiger partial charge in [-0.3, -0.25) is 10.1 Å². The van der Waals surface area contributed by atoms with Crippen LogP contribution in [0.2, 0.25) is 0 Å². The molecule has 1 aromatic rings. The molecule has 0 aliphatic heterocycles. The molecule has 1 rings (SSSR count). The van der Waals surface area contributed by atoms with Gasteiger partial charge in [0.2, 0.25) is 0 Å². The molecule has 0 aromatic heterocycles. The molecule has 2 N–H and O–H groups in total. The zero-order valence-corrected chi connectivity index (χ0v) is 13.6. The van der Waals surface area contributed by atoms with Crippen LogP contribution in [0.3, 0.4) is 0 Å². The van der Waals surface area contributed by atoms with E-state index in [9.17, 15) is 19.7 Å². The van der Waals surface area contributed by atoms with E-state index in [0.717, 1.165) is 18.2 Å². The molecule has 0 saturated carbocycles. The van der Waals surface area contributed by atoms with Crippen LogP contribution in [-0.4, -0.2) is 34.2 Å². The first-order valence-corrected chi connectivity index (χ1v) is 7.07. The topological polar surface area (TPSA) is 119 Å². The minimum Gasteiger partial charge on any atom is -0.478 e. The maximum absolute atomic E-state index is 11.4. The number of hydrogen-bond acceptors (Lipinski definition) is 5. The van der Waals surface area contributed by atoms with Crippen LogP contribution in [0.25, 0.3) is 0 Å². The lowest BCUT2D eigenvalue weighted by atomic mass is 10.1. The van der Waals surface area contributed by atoms with Crippen molar-refractivity contribution in [2.75, 3.05) is 6.54 Å². The Morgan fingerprint density at radius 3 is 2.58 bits per heavy atom.